The molecule has 2 atom stereocenters. The molecule has 0 rings (SSSR count). The zero-order valence-corrected chi connectivity index (χ0v) is 12.8. The summed E-state index contributed by atoms with van der Waals surface area (Å²) in [6.45, 7) is 8.31. The van der Waals surface area contributed by atoms with Crippen LogP contribution in [0.3, 0.4) is 0 Å². The van der Waals surface area contributed by atoms with Crippen LogP contribution in [0.25, 0.3) is 0 Å². The van der Waals surface area contributed by atoms with Crippen LogP contribution >= 0.6 is 0 Å². The summed E-state index contributed by atoms with van der Waals surface area (Å²) in [5.41, 5.74) is 0. The van der Waals surface area contributed by atoms with Crippen molar-refractivity contribution >= 4 is 5.97 Å². The summed E-state index contributed by atoms with van der Waals surface area (Å²) in [6.07, 6.45) is 10.8. The molecule has 108 valence electrons. The lowest BCUT2D eigenvalue weighted by Gasteiger charge is -2.16. The fourth-order valence-electron chi connectivity index (χ4n) is 2.14. The molecular weight excluding hydrogens is 224 g/mol. The summed E-state index contributed by atoms with van der Waals surface area (Å²) in [4.78, 5) is 11.7. The maximum atomic E-state index is 11.7. The predicted molar refractivity (Wildman–Crippen MR) is 77.6 cm³/mol. The smallest absolute Gasteiger partial charge is 0.308 e. The molecule has 0 aromatic heterocycles. The summed E-state index contributed by atoms with van der Waals surface area (Å²) in [7, 11) is 0. The van der Waals surface area contributed by atoms with E-state index in [-0.39, 0.29) is 18.0 Å². The minimum atomic E-state index is -0.0182. The molecule has 0 heterocycles. The van der Waals surface area contributed by atoms with Gasteiger partial charge in [-0.15, -0.1) is 0 Å². The zero-order valence-electron chi connectivity index (χ0n) is 12.8. The van der Waals surface area contributed by atoms with Crippen molar-refractivity contribution in [2.24, 2.45) is 5.92 Å². The van der Waals surface area contributed by atoms with Gasteiger partial charge < -0.3 is 4.74 Å². The van der Waals surface area contributed by atoms with Gasteiger partial charge in [0.1, 0.15) is 0 Å². The predicted octanol–water partition coefficient (Wildman–Crippen LogP) is 5.10. The lowest BCUT2D eigenvalue weighted by molar-refractivity contribution is -0.153. The summed E-state index contributed by atoms with van der Waals surface area (Å²) in [6, 6.07) is 0. The SMILES string of the molecule is CCCCCCCCC(C)OC(=O)C(C)CCC. The topological polar surface area (TPSA) is 26.3 Å². The molecule has 0 aliphatic carbocycles. The third-order valence-electron chi connectivity index (χ3n) is 3.41. The van der Waals surface area contributed by atoms with Crippen LogP contribution in [0.1, 0.15) is 85.5 Å². The van der Waals surface area contributed by atoms with Crippen molar-refractivity contribution < 1.29 is 9.53 Å². The zero-order chi connectivity index (χ0) is 13.8. The Kier molecular flexibility index (Phi) is 11.2. The first kappa shape index (κ1) is 17.5. The van der Waals surface area contributed by atoms with Gasteiger partial charge in [-0.3, -0.25) is 4.79 Å². The molecule has 0 amide bonds. The second-order valence-electron chi connectivity index (χ2n) is 5.49. The number of carbonyl (C=O) groups excluding carboxylic acids is 1. The van der Waals surface area contributed by atoms with E-state index in [2.05, 4.69) is 13.8 Å². The van der Waals surface area contributed by atoms with Gasteiger partial charge in [0.25, 0.3) is 0 Å². The van der Waals surface area contributed by atoms with Gasteiger partial charge in [0, 0.05) is 0 Å². The molecule has 0 saturated heterocycles. The van der Waals surface area contributed by atoms with E-state index >= 15 is 0 Å². The number of ether oxygens (including phenoxy) is 1. The Bertz CT molecular complexity index is 201. The van der Waals surface area contributed by atoms with E-state index in [1.807, 2.05) is 13.8 Å². The Morgan fingerprint density at radius 3 is 2.11 bits per heavy atom. The lowest BCUT2D eigenvalue weighted by Crippen LogP contribution is -2.20. The fourth-order valence-corrected chi connectivity index (χ4v) is 2.14. The van der Waals surface area contributed by atoms with Gasteiger partial charge in [0.2, 0.25) is 0 Å². The molecule has 0 aliphatic rings. The average Bonchev–Trinajstić information content (AvgIpc) is 2.33. The molecule has 0 fully saturated rings. The van der Waals surface area contributed by atoms with Crippen LogP contribution < -0.4 is 0 Å². The van der Waals surface area contributed by atoms with Gasteiger partial charge in [-0.2, -0.15) is 0 Å². The van der Waals surface area contributed by atoms with Crippen LogP contribution in [0.5, 0.6) is 0 Å². The standard InChI is InChI=1S/C16H32O2/c1-5-7-8-9-10-11-13-15(4)18-16(17)14(3)12-6-2/h14-15H,5-13H2,1-4H3. The van der Waals surface area contributed by atoms with Crippen molar-refractivity contribution in [3.05, 3.63) is 0 Å². The molecule has 0 bridgehead atoms. The number of esters is 1. The highest BCUT2D eigenvalue weighted by Gasteiger charge is 2.16. The van der Waals surface area contributed by atoms with E-state index in [0.717, 1.165) is 19.3 Å². The van der Waals surface area contributed by atoms with E-state index in [1.54, 1.807) is 0 Å². The molecule has 2 unspecified atom stereocenters. The van der Waals surface area contributed by atoms with Crippen molar-refractivity contribution in [1.82, 2.24) is 0 Å². The van der Waals surface area contributed by atoms with Gasteiger partial charge in [0.05, 0.1) is 12.0 Å². The molecule has 0 spiro atoms. The Labute approximate surface area is 113 Å². The van der Waals surface area contributed by atoms with Crippen molar-refractivity contribution in [3.8, 4) is 0 Å². The van der Waals surface area contributed by atoms with Gasteiger partial charge >= 0.3 is 5.97 Å². The molecule has 18 heavy (non-hydrogen) atoms. The summed E-state index contributed by atoms with van der Waals surface area (Å²) < 4.78 is 5.45. The first-order valence-electron chi connectivity index (χ1n) is 7.82. The van der Waals surface area contributed by atoms with Gasteiger partial charge in [0.15, 0.2) is 0 Å². The Balaban J connectivity index is 3.52. The molecule has 0 aromatic carbocycles. The number of carbonyl (C=O) groups is 1. The molecule has 0 N–H and O–H groups in total. The van der Waals surface area contributed by atoms with Crippen LogP contribution in [0.15, 0.2) is 0 Å². The summed E-state index contributed by atoms with van der Waals surface area (Å²) in [5.74, 6) is 0.0392. The van der Waals surface area contributed by atoms with Crippen molar-refractivity contribution in [3.63, 3.8) is 0 Å². The van der Waals surface area contributed by atoms with Crippen LogP contribution in [0, 0.1) is 5.92 Å². The summed E-state index contributed by atoms with van der Waals surface area (Å²) in [5, 5.41) is 0. The molecule has 0 radical (unpaired) electrons. The Morgan fingerprint density at radius 2 is 1.50 bits per heavy atom. The van der Waals surface area contributed by atoms with E-state index < -0.39 is 0 Å². The molecule has 0 aromatic rings. The van der Waals surface area contributed by atoms with E-state index in [9.17, 15) is 4.79 Å². The minimum absolute atomic E-state index is 0.0182. The van der Waals surface area contributed by atoms with Crippen LogP contribution in [-0.2, 0) is 9.53 Å². The monoisotopic (exact) mass is 256 g/mol. The largest absolute Gasteiger partial charge is 0.462 e. The number of rotatable bonds is 11. The van der Waals surface area contributed by atoms with Crippen LogP contribution in [0.2, 0.25) is 0 Å². The molecule has 0 aliphatic heterocycles. The third-order valence-corrected chi connectivity index (χ3v) is 3.41. The van der Waals surface area contributed by atoms with E-state index in [0.29, 0.717) is 0 Å². The second kappa shape index (κ2) is 11.6. The van der Waals surface area contributed by atoms with E-state index in [4.69, 9.17) is 4.74 Å². The number of hydrogen-bond acceptors (Lipinski definition) is 2. The highest BCUT2D eigenvalue weighted by molar-refractivity contribution is 5.72. The first-order valence-corrected chi connectivity index (χ1v) is 7.82. The van der Waals surface area contributed by atoms with Gasteiger partial charge in [-0.25, -0.2) is 0 Å². The highest BCUT2D eigenvalue weighted by Crippen LogP contribution is 2.13. The number of unbranched alkanes of at least 4 members (excludes halogenated alkanes) is 5. The maximum Gasteiger partial charge on any atom is 0.308 e. The van der Waals surface area contributed by atoms with Crippen LogP contribution in [-0.4, -0.2) is 12.1 Å². The molecule has 2 heteroatoms. The normalized spacial score (nSPS) is 14.2. The third kappa shape index (κ3) is 9.49. The van der Waals surface area contributed by atoms with Crippen molar-refractivity contribution in [2.75, 3.05) is 0 Å². The number of hydrogen-bond donors (Lipinski definition) is 0. The first-order chi connectivity index (χ1) is 8.61. The Morgan fingerprint density at radius 1 is 0.889 bits per heavy atom. The van der Waals surface area contributed by atoms with Crippen molar-refractivity contribution in [2.45, 2.75) is 91.6 Å². The van der Waals surface area contributed by atoms with Crippen LogP contribution in [0.4, 0.5) is 0 Å². The summed E-state index contributed by atoms with van der Waals surface area (Å²) >= 11 is 0. The Hall–Kier alpha value is -0.530. The molecule has 0 saturated carbocycles. The van der Waals surface area contributed by atoms with Gasteiger partial charge in [-0.05, 0) is 26.2 Å². The molecular formula is C16H32O2. The maximum absolute atomic E-state index is 11.7. The minimum Gasteiger partial charge on any atom is -0.462 e. The fraction of sp³-hybridized carbons (Fsp3) is 0.938. The molecule has 2 nitrogen and oxygen atoms in total. The van der Waals surface area contributed by atoms with E-state index in [1.165, 1.54) is 38.5 Å². The average molecular weight is 256 g/mol. The van der Waals surface area contributed by atoms with Gasteiger partial charge in [-0.1, -0.05) is 59.3 Å². The quantitative estimate of drug-likeness (QED) is 0.379. The van der Waals surface area contributed by atoms with Crippen molar-refractivity contribution in [1.29, 1.82) is 0 Å². The lowest BCUT2D eigenvalue weighted by atomic mass is 10.1. The second-order valence-corrected chi connectivity index (χ2v) is 5.49. The highest BCUT2D eigenvalue weighted by atomic mass is 16.5.